The maximum absolute atomic E-state index is 3.84. The Labute approximate surface area is 106 Å². The fourth-order valence-corrected chi connectivity index (χ4v) is 3.28. The topological polar surface area (TPSA) is 12.0 Å². The van der Waals surface area contributed by atoms with Crippen molar-refractivity contribution in [3.8, 4) is 0 Å². The molecular weight excluding hydrogens is 326 g/mol. The maximum atomic E-state index is 3.84. The summed E-state index contributed by atoms with van der Waals surface area (Å²) >= 11 is 8.71. The van der Waals surface area contributed by atoms with Crippen molar-refractivity contribution in [2.75, 3.05) is 6.54 Å². The molecule has 0 aromatic carbocycles. The number of rotatable bonds is 5. The van der Waals surface area contributed by atoms with Crippen LogP contribution in [0.25, 0.3) is 0 Å². The first kappa shape index (κ1) is 12.4. The molecule has 0 aliphatic carbocycles. The zero-order chi connectivity index (χ0) is 10.6. The van der Waals surface area contributed by atoms with Crippen molar-refractivity contribution in [3.05, 3.63) is 31.9 Å². The van der Waals surface area contributed by atoms with Crippen molar-refractivity contribution < 1.29 is 0 Å². The van der Waals surface area contributed by atoms with Crippen molar-refractivity contribution in [2.45, 2.75) is 19.4 Å². The van der Waals surface area contributed by atoms with Gasteiger partial charge in [-0.1, -0.05) is 13.0 Å². The van der Waals surface area contributed by atoms with E-state index >= 15 is 0 Å². The van der Waals surface area contributed by atoms with Gasteiger partial charge in [0, 0.05) is 9.35 Å². The van der Waals surface area contributed by atoms with Crippen molar-refractivity contribution in [2.24, 2.45) is 0 Å². The molecule has 0 saturated heterocycles. The Hall–Kier alpha value is 0.360. The largest absolute Gasteiger partial charge is 0.306 e. The van der Waals surface area contributed by atoms with E-state index in [0.29, 0.717) is 0 Å². The van der Waals surface area contributed by atoms with Crippen LogP contribution in [-0.4, -0.2) is 6.54 Å². The van der Waals surface area contributed by atoms with Gasteiger partial charge in [0.05, 0.1) is 9.83 Å². The lowest BCUT2D eigenvalue weighted by Crippen LogP contribution is -2.19. The van der Waals surface area contributed by atoms with Crippen LogP contribution in [0.15, 0.2) is 27.0 Å². The van der Waals surface area contributed by atoms with Gasteiger partial charge in [-0.15, -0.1) is 17.9 Å². The Morgan fingerprint density at radius 3 is 2.79 bits per heavy atom. The molecule has 4 heteroatoms. The minimum absolute atomic E-state index is 0.266. The summed E-state index contributed by atoms with van der Waals surface area (Å²) in [6.07, 6.45) is 3.08. The summed E-state index contributed by atoms with van der Waals surface area (Å²) in [5.41, 5.74) is 0. The third-order valence-corrected chi connectivity index (χ3v) is 5.16. The van der Waals surface area contributed by atoms with Crippen LogP contribution in [0.2, 0.25) is 0 Å². The van der Waals surface area contributed by atoms with Crippen LogP contribution in [0.4, 0.5) is 0 Å². The lowest BCUT2D eigenvalue weighted by atomic mass is 10.2. The SMILES string of the molecule is C=CC(NCCC)c1cc(Br)c(Br)s1. The van der Waals surface area contributed by atoms with Gasteiger partial charge in [-0.2, -0.15) is 0 Å². The van der Waals surface area contributed by atoms with Crippen LogP contribution in [0.5, 0.6) is 0 Å². The second kappa shape index (κ2) is 6.05. The van der Waals surface area contributed by atoms with Gasteiger partial charge in [-0.25, -0.2) is 0 Å². The lowest BCUT2D eigenvalue weighted by molar-refractivity contribution is 0.621. The van der Waals surface area contributed by atoms with E-state index in [1.54, 1.807) is 11.3 Å². The molecule has 1 aromatic rings. The van der Waals surface area contributed by atoms with Crippen LogP contribution in [0.1, 0.15) is 24.3 Å². The molecule has 0 bridgehead atoms. The predicted octanol–water partition coefficient (Wildman–Crippen LogP) is 4.50. The molecule has 1 nitrogen and oxygen atoms in total. The minimum Gasteiger partial charge on any atom is -0.306 e. The molecule has 1 N–H and O–H groups in total. The Morgan fingerprint density at radius 2 is 2.36 bits per heavy atom. The molecular formula is C10H13Br2NS. The van der Waals surface area contributed by atoms with E-state index < -0.39 is 0 Å². The van der Waals surface area contributed by atoms with Crippen molar-refractivity contribution in [1.82, 2.24) is 5.32 Å². The van der Waals surface area contributed by atoms with E-state index in [2.05, 4.69) is 56.7 Å². The molecule has 1 rings (SSSR count). The molecule has 0 spiro atoms. The third kappa shape index (κ3) is 3.19. The van der Waals surface area contributed by atoms with E-state index in [4.69, 9.17) is 0 Å². The Bertz CT molecular complexity index is 290. The van der Waals surface area contributed by atoms with Gasteiger partial charge < -0.3 is 5.32 Å². The fourth-order valence-electron chi connectivity index (χ4n) is 1.12. The first-order valence-electron chi connectivity index (χ1n) is 4.49. The average molecular weight is 339 g/mol. The summed E-state index contributed by atoms with van der Waals surface area (Å²) in [5.74, 6) is 0. The van der Waals surface area contributed by atoms with Gasteiger partial charge in [-0.05, 0) is 50.9 Å². The second-order valence-electron chi connectivity index (χ2n) is 2.94. The minimum atomic E-state index is 0.266. The van der Waals surface area contributed by atoms with Crippen molar-refractivity contribution >= 4 is 43.2 Å². The first-order chi connectivity index (χ1) is 6.69. The quantitative estimate of drug-likeness (QED) is 0.779. The summed E-state index contributed by atoms with van der Waals surface area (Å²) in [7, 11) is 0. The third-order valence-electron chi connectivity index (χ3n) is 1.82. The molecule has 0 fully saturated rings. The standard InChI is InChI=1S/C10H13Br2NS/c1-3-5-13-8(4-2)9-6-7(11)10(12)14-9/h4,6,8,13H,2-3,5H2,1H3. The molecule has 0 amide bonds. The average Bonchev–Trinajstić information content (AvgIpc) is 2.48. The summed E-state index contributed by atoms with van der Waals surface area (Å²) in [4.78, 5) is 1.28. The summed E-state index contributed by atoms with van der Waals surface area (Å²) in [5, 5.41) is 3.43. The van der Waals surface area contributed by atoms with Crippen LogP contribution in [0, 0.1) is 0 Å². The Balaban J connectivity index is 2.73. The van der Waals surface area contributed by atoms with Crippen LogP contribution in [0.3, 0.4) is 0 Å². The van der Waals surface area contributed by atoms with Gasteiger partial charge >= 0.3 is 0 Å². The molecule has 0 radical (unpaired) electrons. The molecule has 1 atom stereocenters. The molecule has 0 aliphatic heterocycles. The number of nitrogens with one attached hydrogen (secondary N) is 1. The normalized spacial score (nSPS) is 12.8. The van der Waals surface area contributed by atoms with E-state index in [1.165, 1.54) is 4.88 Å². The van der Waals surface area contributed by atoms with Crippen molar-refractivity contribution in [1.29, 1.82) is 0 Å². The van der Waals surface area contributed by atoms with E-state index in [-0.39, 0.29) is 6.04 Å². The van der Waals surface area contributed by atoms with Crippen LogP contribution < -0.4 is 5.32 Å². The molecule has 0 saturated carbocycles. The van der Waals surface area contributed by atoms with Crippen molar-refractivity contribution in [3.63, 3.8) is 0 Å². The molecule has 1 aromatic heterocycles. The number of hydrogen-bond acceptors (Lipinski definition) is 2. The second-order valence-corrected chi connectivity index (χ2v) is 6.19. The van der Waals surface area contributed by atoms with Gasteiger partial charge in [0.15, 0.2) is 0 Å². The smallest absolute Gasteiger partial charge is 0.0843 e. The number of thiophene rings is 1. The highest BCUT2D eigenvalue weighted by atomic mass is 79.9. The van der Waals surface area contributed by atoms with E-state index in [1.807, 2.05) is 6.08 Å². The van der Waals surface area contributed by atoms with Crippen LogP contribution in [-0.2, 0) is 0 Å². The number of hydrogen-bond donors (Lipinski definition) is 1. The lowest BCUT2D eigenvalue weighted by Gasteiger charge is -2.11. The maximum Gasteiger partial charge on any atom is 0.0843 e. The Kier molecular flexibility index (Phi) is 5.38. The number of halogens is 2. The van der Waals surface area contributed by atoms with Crippen LogP contribution >= 0.6 is 43.2 Å². The Morgan fingerprint density at radius 1 is 1.64 bits per heavy atom. The highest BCUT2D eigenvalue weighted by molar-refractivity contribution is 9.13. The molecule has 0 aliphatic rings. The monoisotopic (exact) mass is 337 g/mol. The zero-order valence-electron chi connectivity index (χ0n) is 8.02. The molecule has 1 heterocycles. The summed E-state index contributed by atoms with van der Waals surface area (Å²) in [6.45, 7) is 7.02. The summed E-state index contributed by atoms with van der Waals surface area (Å²) in [6, 6.07) is 2.39. The zero-order valence-corrected chi connectivity index (χ0v) is 12.0. The predicted molar refractivity (Wildman–Crippen MR) is 71.0 cm³/mol. The molecule has 78 valence electrons. The fraction of sp³-hybridized carbons (Fsp3) is 0.400. The molecule has 14 heavy (non-hydrogen) atoms. The molecule has 1 unspecified atom stereocenters. The highest BCUT2D eigenvalue weighted by Crippen LogP contribution is 2.35. The van der Waals surface area contributed by atoms with Gasteiger partial charge in [0.25, 0.3) is 0 Å². The van der Waals surface area contributed by atoms with E-state index in [0.717, 1.165) is 21.2 Å². The highest BCUT2D eigenvalue weighted by Gasteiger charge is 2.11. The van der Waals surface area contributed by atoms with Gasteiger partial charge in [-0.3, -0.25) is 0 Å². The van der Waals surface area contributed by atoms with E-state index in [9.17, 15) is 0 Å². The first-order valence-corrected chi connectivity index (χ1v) is 6.90. The van der Waals surface area contributed by atoms with Gasteiger partial charge in [0.2, 0.25) is 0 Å². The van der Waals surface area contributed by atoms with Gasteiger partial charge in [0.1, 0.15) is 0 Å². The summed E-state index contributed by atoms with van der Waals surface area (Å²) < 4.78 is 2.25.